The van der Waals surface area contributed by atoms with Crippen molar-refractivity contribution >= 4 is 6.29 Å². The lowest BCUT2D eigenvalue weighted by molar-refractivity contribution is -0.197. The van der Waals surface area contributed by atoms with Crippen LogP contribution in [0.3, 0.4) is 0 Å². The summed E-state index contributed by atoms with van der Waals surface area (Å²) in [6.07, 6.45) is 1.64. The minimum Gasteiger partial charge on any atom is -0.478 e. The SMILES string of the molecule is CC.COC(C)(C)OCCCOc1cc(C)c(-c2cccc(C=O)c2C)c(C)n1. The van der Waals surface area contributed by atoms with E-state index >= 15 is 0 Å². The van der Waals surface area contributed by atoms with Gasteiger partial charge in [-0.15, -0.1) is 0 Å². The Balaban J connectivity index is 0.00000204. The Morgan fingerprint density at radius 1 is 1.10 bits per heavy atom. The second-order valence-electron chi connectivity index (χ2n) is 7.03. The Bertz CT molecular complexity index is 776. The minimum absolute atomic E-state index is 0.519. The lowest BCUT2D eigenvalue weighted by Crippen LogP contribution is -2.27. The van der Waals surface area contributed by atoms with E-state index in [1.807, 2.05) is 72.7 Å². The molecule has 0 radical (unpaired) electrons. The zero-order valence-corrected chi connectivity index (χ0v) is 19.1. The summed E-state index contributed by atoms with van der Waals surface area (Å²) in [5.41, 5.74) is 5.70. The summed E-state index contributed by atoms with van der Waals surface area (Å²) in [6.45, 7) is 14.8. The molecule has 0 N–H and O–H groups in total. The summed E-state index contributed by atoms with van der Waals surface area (Å²) in [5.74, 6) is 0.0185. The molecule has 5 nitrogen and oxygen atoms in total. The first kappa shape index (κ1) is 24.8. The molecule has 0 unspecified atom stereocenters. The smallest absolute Gasteiger partial charge is 0.213 e. The zero-order chi connectivity index (χ0) is 22.0. The molecule has 2 rings (SSSR count). The van der Waals surface area contributed by atoms with Gasteiger partial charge in [-0.2, -0.15) is 0 Å². The number of aldehydes is 1. The molecule has 29 heavy (non-hydrogen) atoms. The van der Waals surface area contributed by atoms with E-state index in [0.717, 1.165) is 40.7 Å². The van der Waals surface area contributed by atoms with Crippen LogP contribution in [-0.2, 0) is 9.47 Å². The number of carbonyl (C=O) groups is 1. The van der Waals surface area contributed by atoms with Gasteiger partial charge in [0.05, 0.1) is 13.2 Å². The van der Waals surface area contributed by atoms with Gasteiger partial charge in [-0.1, -0.05) is 32.0 Å². The average molecular weight is 402 g/mol. The second-order valence-corrected chi connectivity index (χ2v) is 7.03. The molecule has 5 heteroatoms. The van der Waals surface area contributed by atoms with Crippen LogP contribution in [0.5, 0.6) is 5.88 Å². The number of pyridine rings is 1. The minimum atomic E-state index is -0.582. The van der Waals surface area contributed by atoms with Crippen LogP contribution in [0, 0.1) is 20.8 Å². The normalized spacial score (nSPS) is 10.9. The van der Waals surface area contributed by atoms with Gasteiger partial charge in [-0.3, -0.25) is 4.79 Å². The van der Waals surface area contributed by atoms with E-state index in [9.17, 15) is 4.79 Å². The van der Waals surface area contributed by atoms with Crippen LogP contribution in [0.4, 0.5) is 0 Å². The first-order chi connectivity index (χ1) is 13.8. The third-order valence-electron chi connectivity index (χ3n) is 4.63. The van der Waals surface area contributed by atoms with Gasteiger partial charge in [0, 0.05) is 36.4 Å². The van der Waals surface area contributed by atoms with E-state index in [-0.39, 0.29) is 0 Å². The highest BCUT2D eigenvalue weighted by atomic mass is 16.7. The largest absolute Gasteiger partial charge is 0.478 e. The Hall–Kier alpha value is -2.24. The van der Waals surface area contributed by atoms with E-state index in [4.69, 9.17) is 14.2 Å². The van der Waals surface area contributed by atoms with Gasteiger partial charge in [0.25, 0.3) is 0 Å². The molecule has 1 aromatic carbocycles. The molecule has 0 saturated carbocycles. The average Bonchev–Trinajstić information content (AvgIpc) is 2.70. The van der Waals surface area contributed by atoms with Crippen molar-refractivity contribution in [2.75, 3.05) is 20.3 Å². The number of aromatic nitrogens is 1. The first-order valence-electron chi connectivity index (χ1n) is 10.1. The van der Waals surface area contributed by atoms with Crippen molar-refractivity contribution in [1.82, 2.24) is 4.98 Å². The van der Waals surface area contributed by atoms with E-state index < -0.39 is 5.79 Å². The summed E-state index contributed by atoms with van der Waals surface area (Å²) < 4.78 is 16.6. The zero-order valence-electron chi connectivity index (χ0n) is 19.1. The quantitative estimate of drug-likeness (QED) is 0.307. The highest BCUT2D eigenvalue weighted by molar-refractivity contribution is 5.84. The summed E-state index contributed by atoms with van der Waals surface area (Å²) >= 11 is 0. The Morgan fingerprint density at radius 3 is 2.38 bits per heavy atom. The number of aryl methyl sites for hydroxylation is 2. The first-order valence-corrected chi connectivity index (χ1v) is 10.1. The van der Waals surface area contributed by atoms with Gasteiger partial charge in [-0.05, 0) is 51.3 Å². The fraction of sp³-hybridized carbons (Fsp3) is 0.500. The maximum atomic E-state index is 11.2. The molecular formula is C24H35NO4. The number of ether oxygens (including phenoxy) is 3. The number of nitrogens with zero attached hydrogens (tertiary/aromatic N) is 1. The van der Waals surface area contributed by atoms with Gasteiger partial charge < -0.3 is 14.2 Å². The van der Waals surface area contributed by atoms with Crippen LogP contribution in [0.25, 0.3) is 11.1 Å². The van der Waals surface area contributed by atoms with Crippen LogP contribution in [0.1, 0.15) is 61.3 Å². The maximum absolute atomic E-state index is 11.2. The Labute approximate surface area is 175 Å². The van der Waals surface area contributed by atoms with Crippen LogP contribution < -0.4 is 4.74 Å². The topological polar surface area (TPSA) is 57.7 Å². The molecule has 160 valence electrons. The van der Waals surface area contributed by atoms with Crippen molar-refractivity contribution in [2.24, 2.45) is 0 Å². The van der Waals surface area contributed by atoms with Gasteiger partial charge in [0.15, 0.2) is 5.79 Å². The van der Waals surface area contributed by atoms with Crippen LogP contribution >= 0.6 is 0 Å². The number of rotatable bonds is 9. The van der Waals surface area contributed by atoms with Crippen LogP contribution in [0.15, 0.2) is 24.3 Å². The van der Waals surface area contributed by atoms with Crippen molar-refractivity contribution in [3.63, 3.8) is 0 Å². The highest BCUT2D eigenvalue weighted by Crippen LogP contribution is 2.32. The predicted molar refractivity (Wildman–Crippen MR) is 118 cm³/mol. The predicted octanol–water partition coefficient (Wildman–Crippen LogP) is 5.68. The van der Waals surface area contributed by atoms with Crippen molar-refractivity contribution in [3.05, 3.63) is 46.6 Å². The molecule has 0 atom stereocenters. The standard InChI is InChI=1S/C22H29NO4.C2H6/c1-15-13-20(26-11-8-12-27-22(4,5)25-6)23-17(3)21(15)19-10-7-9-18(14-24)16(19)2;1-2/h7,9-10,13-14H,8,11-12H2,1-6H3;1-2H3. The van der Waals surface area contributed by atoms with Crippen LogP contribution in [-0.4, -0.2) is 37.4 Å². The van der Waals surface area contributed by atoms with E-state index in [2.05, 4.69) is 4.98 Å². The lowest BCUT2D eigenvalue weighted by Gasteiger charge is -2.23. The number of methoxy groups -OCH3 is 1. The van der Waals surface area contributed by atoms with Crippen molar-refractivity contribution in [1.29, 1.82) is 0 Å². The molecular weight excluding hydrogens is 366 g/mol. The fourth-order valence-electron chi connectivity index (χ4n) is 2.94. The molecule has 0 fully saturated rings. The Morgan fingerprint density at radius 2 is 1.79 bits per heavy atom. The molecule has 0 spiro atoms. The van der Waals surface area contributed by atoms with Crippen molar-refractivity contribution in [2.45, 2.75) is 60.7 Å². The molecule has 0 aliphatic carbocycles. The van der Waals surface area contributed by atoms with Gasteiger partial charge >= 0.3 is 0 Å². The summed E-state index contributed by atoms with van der Waals surface area (Å²) in [5, 5.41) is 0. The fourth-order valence-corrected chi connectivity index (χ4v) is 2.94. The van der Waals surface area contributed by atoms with Crippen LogP contribution in [0.2, 0.25) is 0 Å². The third-order valence-corrected chi connectivity index (χ3v) is 4.63. The second kappa shape index (κ2) is 11.7. The highest BCUT2D eigenvalue weighted by Gasteiger charge is 2.16. The molecule has 0 amide bonds. The summed E-state index contributed by atoms with van der Waals surface area (Å²) in [6, 6.07) is 7.69. The monoisotopic (exact) mass is 401 g/mol. The van der Waals surface area contributed by atoms with E-state index in [1.165, 1.54) is 0 Å². The molecule has 0 aliphatic rings. The summed E-state index contributed by atoms with van der Waals surface area (Å²) in [7, 11) is 1.63. The number of benzene rings is 1. The Kier molecular flexibility index (Phi) is 9.99. The molecule has 1 heterocycles. The molecule has 1 aromatic heterocycles. The third kappa shape index (κ3) is 6.94. The van der Waals surface area contributed by atoms with Gasteiger partial charge in [0.2, 0.25) is 5.88 Å². The molecule has 2 aromatic rings. The lowest BCUT2D eigenvalue weighted by atomic mass is 9.93. The van der Waals surface area contributed by atoms with E-state index in [1.54, 1.807) is 7.11 Å². The number of hydrogen-bond donors (Lipinski definition) is 0. The molecule has 0 saturated heterocycles. The van der Waals surface area contributed by atoms with Crippen molar-refractivity contribution in [3.8, 4) is 17.0 Å². The molecule has 0 bridgehead atoms. The van der Waals surface area contributed by atoms with E-state index in [0.29, 0.717) is 24.7 Å². The van der Waals surface area contributed by atoms with Crippen molar-refractivity contribution < 1.29 is 19.0 Å². The number of carbonyl (C=O) groups excluding carboxylic acids is 1. The number of hydrogen-bond acceptors (Lipinski definition) is 5. The molecule has 0 aliphatic heterocycles. The maximum Gasteiger partial charge on any atom is 0.213 e. The van der Waals surface area contributed by atoms with Gasteiger partial charge in [0.1, 0.15) is 6.29 Å². The summed E-state index contributed by atoms with van der Waals surface area (Å²) in [4.78, 5) is 15.8. The van der Waals surface area contributed by atoms with Gasteiger partial charge in [-0.25, -0.2) is 4.98 Å².